The first-order chi connectivity index (χ1) is 20.0. The van der Waals surface area contributed by atoms with E-state index >= 15 is 0 Å². The fourth-order valence-electron chi connectivity index (χ4n) is 4.10. The Kier molecular flexibility index (Phi) is 8.93. The van der Waals surface area contributed by atoms with Gasteiger partial charge in [0, 0.05) is 32.1 Å². The number of anilines is 2. The summed E-state index contributed by atoms with van der Waals surface area (Å²) < 4.78 is 0. The number of nitrogens with one attached hydrogen (secondary N) is 3. The lowest BCUT2D eigenvalue weighted by Gasteiger charge is -2.14. The minimum Gasteiger partial charge on any atom is -0.325 e. The maximum absolute atomic E-state index is 13.2. The van der Waals surface area contributed by atoms with E-state index in [0.717, 1.165) is 26.2 Å². The summed E-state index contributed by atoms with van der Waals surface area (Å²) in [4.78, 5) is 40.6. The lowest BCUT2D eigenvalue weighted by molar-refractivity contribution is -0.115. The molecule has 1 heterocycles. The topological polar surface area (TPSA) is 87.3 Å². The molecule has 8 heteroatoms. The number of fused-ring (bicyclic) bond motifs is 1. The van der Waals surface area contributed by atoms with E-state index in [0.29, 0.717) is 11.3 Å². The molecule has 41 heavy (non-hydrogen) atoms. The van der Waals surface area contributed by atoms with Crippen LogP contribution in [-0.2, 0) is 9.59 Å². The summed E-state index contributed by atoms with van der Waals surface area (Å²) >= 11 is 2.89. The highest BCUT2D eigenvalue weighted by atomic mass is 32.2. The SMILES string of the molecule is CC(Sc1ccc(NC(=O)/C(=C/c2cccs2)NC(=O)c2ccccc2)cc1)C(=O)Nc1cccc2ccccc12. The van der Waals surface area contributed by atoms with Crippen molar-refractivity contribution in [2.45, 2.75) is 17.1 Å². The highest BCUT2D eigenvalue weighted by Crippen LogP contribution is 2.28. The average molecular weight is 578 g/mol. The van der Waals surface area contributed by atoms with Crippen LogP contribution in [0.15, 0.2) is 125 Å². The van der Waals surface area contributed by atoms with Gasteiger partial charge in [0.05, 0.1) is 5.25 Å². The van der Waals surface area contributed by atoms with Crippen LogP contribution in [0.5, 0.6) is 0 Å². The number of carbonyl (C=O) groups is 3. The van der Waals surface area contributed by atoms with Crippen molar-refractivity contribution in [3.63, 3.8) is 0 Å². The molecule has 0 spiro atoms. The van der Waals surface area contributed by atoms with Crippen molar-refractivity contribution in [1.29, 1.82) is 0 Å². The fourth-order valence-corrected chi connectivity index (χ4v) is 5.62. The van der Waals surface area contributed by atoms with Gasteiger partial charge in [-0.25, -0.2) is 0 Å². The van der Waals surface area contributed by atoms with Crippen molar-refractivity contribution in [2.75, 3.05) is 10.6 Å². The fraction of sp³-hybridized carbons (Fsp3) is 0.0606. The van der Waals surface area contributed by atoms with Crippen LogP contribution < -0.4 is 16.0 Å². The summed E-state index contributed by atoms with van der Waals surface area (Å²) in [6, 6.07) is 33.5. The Morgan fingerprint density at radius 2 is 1.51 bits per heavy atom. The molecule has 0 radical (unpaired) electrons. The highest BCUT2D eigenvalue weighted by Gasteiger charge is 2.17. The second-order valence-corrected chi connectivity index (χ2v) is 11.5. The van der Waals surface area contributed by atoms with Crippen LogP contribution in [0.3, 0.4) is 0 Å². The predicted molar refractivity (Wildman–Crippen MR) is 169 cm³/mol. The van der Waals surface area contributed by atoms with Crippen molar-refractivity contribution in [3.05, 3.63) is 131 Å². The van der Waals surface area contributed by atoms with Crippen molar-refractivity contribution >= 4 is 69.0 Å². The van der Waals surface area contributed by atoms with E-state index in [-0.39, 0.29) is 22.8 Å². The lowest BCUT2D eigenvalue weighted by Crippen LogP contribution is -2.30. The standard InChI is InChI=1S/C33H27N3O3S2/c1-22(31(37)35-29-15-7-12-23-9-5-6-14-28(23)29)41-26-18-16-25(17-19-26)34-33(39)30(21-27-13-8-20-40-27)36-32(38)24-10-3-2-4-11-24/h2-22H,1H3,(H,34,39)(H,35,37)(H,36,38)/b30-21-. The molecule has 0 saturated carbocycles. The Balaban J connectivity index is 1.22. The number of hydrogen-bond acceptors (Lipinski definition) is 5. The molecule has 6 nitrogen and oxygen atoms in total. The molecule has 0 saturated heterocycles. The quantitative estimate of drug-likeness (QED) is 0.126. The van der Waals surface area contributed by atoms with Crippen molar-refractivity contribution in [3.8, 4) is 0 Å². The normalized spacial score (nSPS) is 12.0. The van der Waals surface area contributed by atoms with E-state index in [1.54, 1.807) is 42.5 Å². The number of carbonyl (C=O) groups excluding carboxylic acids is 3. The monoisotopic (exact) mass is 577 g/mol. The van der Waals surface area contributed by atoms with Crippen LogP contribution in [0.4, 0.5) is 11.4 Å². The van der Waals surface area contributed by atoms with E-state index in [9.17, 15) is 14.4 Å². The molecule has 4 aromatic carbocycles. The van der Waals surface area contributed by atoms with Gasteiger partial charge in [-0.3, -0.25) is 14.4 Å². The number of hydrogen-bond donors (Lipinski definition) is 3. The maximum atomic E-state index is 13.2. The smallest absolute Gasteiger partial charge is 0.272 e. The summed E-state index contributed by atoms with van der Waals surface area (Å²) in [5.41, 5.74) is 1.94. The third-order valence-electron chi connectivity index (χ3n) is 6.20. The van der Waals surface area contributed by atoms with E-state index in [1.807, 2.05) is 85.1 Å². The minimum atomic E-state index is -0.439. The third-order valence-corrected chi connectivity index (χ3v) is 8.13. The zero-order chi connectivity index (χ0) is 28.6. The van der Waals surface area contributed by atoms with Gasteiger partial charge in [-0.2, -0.15) is 0 Å². The molecule has 1 aromatic heterocycles. The largest absolute Gasteiger partial charge is 0.325 e. The van der Waals surface area contributed by atoms with Crippen molar-refractivity contribution in [1.82, 2.24) is 5.32 Å². The van der Waals surface area contributed by atoms with Gasteiger partial charge < -0.3 is 16.0 Å². The van der Waals surface area contributed by atoms with E-state index in [4.69, 9.17) is 0 Å². The summed E-state index contributed by atoms with van der Waals surface area (Å²) in [7, 11) is 0. The minimum absolute atomic E-state index is 0.0961. The molecule has 5 aromatic rings. The molecule has 3 N–H and O–H groups in total. The molecule has 0 bridgehead atoms. The van der Waals surface area contributed by atoms with Gasteiger partial charge in [0.15, 0.2) is 0 Å². The highest BCUT2D eigenvalue weighted by molar-refractivity contribution is 8.00. The summed E-state index contributed by atoms with van der Waals surface area (Å²) in [5, 5.41) is 12.3. The maximum Gasteiger partial charge on any atom is 0.272 e. The van der Waals surface area contributed by atoms with Crippen LogP contribution in [0, 0.1) is 0 Å². The number of benzene rings is 4. The molecular formula is C33H27N3O3S2. The van der Waals surface area contributed by atoms with Crippen LogP contribution >= 0.6 is 23.1 Å². The number of thioether (sulfide) groups is 1. The number of thiophene rings is 1. The number of amides is 3. The Morgan fingerprint density at radius 3 is 2.27 bits per heavy atom. The molecule has 1 atom stereocenters. The summed E-state index contributed by atoms with van der Waals surface area (Å²) in [6.45, 7) is 1.86. The first-order valence-electron chi connectivity index (χ1n) is 12.9. The summed E-state index contributed by atoms with van der Waals surface area (Å²) in [5.74, 6) is -0.904. The van der Waals surface area contributed by atoms with Crippen LogP contribution in [0.25, 0.3) is 16.8 Å². The molecule has 1 unspecified atom stereocenters. The predicted octanol–water partition coefficient (Wildman–Crippen LogP) is 7.43. The molecule has 0 aliphatic rings. The summed E-state index contributed by atoms with van der Waals surface area (Å²) in [6.07, 6.45) is 1.65. The second-order valence-electron chi connectivity index (χ2n) is 9.15. The Bertz CT molecular complexity index is 1690. The van der Waals surface area contributed by atoms with Gasteiger partial charge in [0.1, 0.15) is 5.70 Å². The Labute approximate surface area is 246 Å². The molecule has 0 fully saturated rings. The Hall–Kier alpha value is -4.66. The number of rotatable bonds is 9. The molecular weight excluding hydrogens is 551 g/mol. The van der Waals surface area contributed by atoms with E-state index in [2.05, 4.69) is 16.0 Å². The lowest BCUT2D eigenvalue weighted by atomic mass is 10.1. The van der Waals surface area contributed by atoms with Gasteiger partial charge in [-0.15, -0.1) is 23.1 Å². The van der Waals surface area contributed by atoms with Gasteiger partial charge in [-0.05, 0) is 72.3 Å². The van der Waals surface area contributed by atoms with Crippen molar-refractivity contribution in [2.24, 2.45) is 0 Å². The molecule has 5 rings (SSSR count). The van der Waals surface area contributed by atoms with Crippen LogP contribution in [0.1, 0.15) is 22.2 Å². The van der Waals surface area contributed by atoms with Crippen LogP contribution in [0.2, 0.25) is 0 Å². The first kappa shape index (κ1) is 27.9. The molecule has 0 aliphatic heterocycles. The van der Waals surface area contributed by atoms with E-state index < -0.39 is 5.91 Å². The third kappa shape index (κ3) is 7.30. The molecule has 204 valence electrons. The first-order valence-corrected chi connectivity index (χ1v) is 14.7. The van der Waals surface area contributed by atoms with Gasteiger partial charge >= 0.3 is 0 Å². The Morgan fingerprint density at radius 1 is 0.780 bits per heavy atom. The molecule has 3 amide bonds. The van der Waals surface area contributed by atoms with Gasteiger partial charge in [-0.1, -0.05) is 60.7 Å². The molecule has 0 aliphatic carbocycles. The van der Waals surface area contributed by atoms with Gasteiger partial charge in [0.2, 0.25) is 5.91 Å². The zero-order valence-electron chi connectivity index (χ0n) is 22.2. The second kappa shape index (κ2) is 13.1. The van der Waals surface area contributed by atoms with Crippen molar-refractivity contribution < 1.29 is 14.4 Å². The van der Waals surface area contributed by atoms with E-state index in [1.165, 1.54) is 23.1 Å². The van der Waals surface area contributed by atoms with Gasteiger partial charge in [0.25, 0.3) is 11.8 Å². The van der Waals surface area contributed by atoms with Crippen LogP contribution in [-0.4, -0.2) is 23.0 Å². The zero-order valence-corrected chi connectivity index (χ0v) is 23.8. The average Bonchev–Trinajstić information content (AvgIpc) is 3.51.